The second kappa shape index (κ2) is 14.0. The van der Waals surface area contributed by atoms with E-state index in [2.05, 4.69) is 10.3 Å². The summed E-state index contributed by atoms with van der Waals surface area (Å²) >= 11 is 0. The first-order valence-corrected chi connectivity index (χ1v) is 14.0. The minimum atomic E-state index is -0.842. The number of morpholine rings is 1. The zero-order valence-electron chi connectivity index (χ0n) is 24.5. The zero-order valence-corrected chi connectivity index (χ0v) is 24.5. The maximum Gasteiger partial charge on any atom is 0.411 e. The molecule has 2 amide bonds. The lowest BCUT2D eigenvalue weighted by Crippen LogP contribution is -2.54. The first-order chi connectivity index (χ1) is 20.8. The average molecular weight is 616 g/mol. The second-order valence-corrected chi connectivity index (χ2v) is 11.5. The Bertz CT molecular complexity index is 1480. The quantitative estimate of drug-likeness (QED) is 0.237. The number of aldehydes is 1. The SMILES string of the molecule is CC(C)(C)OC(=O)N1C[C@@H](CCc2c(F)cncc2NC(=O)C[C@@H](c2ccc(F)cc2)c2cc(F)cc(F)c2)OC[C@H]1C=O. The molecule has 8 nitrogen and oxygen atoms in total. The zero-order chi connectivity index (χ0) is 32.0. The Morgan fingerprint density at radius 3 is 2.36 bits per heavy atom. The number of carbonyl (C=O) groups is 3. The van der Waals surface area contributed by atoms with Crippen molar-refractivity contribution in [2.24, 2.45) is 0 Å². The number of rotatable bonds is 9. The van der Waals surface area contributed by atoms with Crippen molar-refractivity contribution in [2.45, 2.75) is 63.7 Å². The summed E-state index contributed by atoms with van der Waals surface area (Å²) in [5, 5.41) is 2.64. The third kappa shape index (κ3) is 8.62. The van der Waals surface area contributed by atoms with E-state index in [1.807, 2.05) is 0 Å². The van der Waals surface area contributed by atoms with Crippen LogP contribution in [0.4, 0.5) is 28.0 Å². The predicted octanol–water partition coefficient (Wildman–Crippen LogP) is 5.93. The van der Waals surface area contributed by atoms with Gasteiger partial charge in [-0.2, -0.15) is 0 Å². The summed E-state index contributed by atoms with van der Waals surface area (Å²) in [6, 6.07) is 7.28. The van der Waals surface area contributed by atoms with Gasteiger partial charge < -0.3 is 19.6 Å². The number of pyridine rings is 1. The van der Waals surface area contributed by atoms with Crippen molar-refractivity contribution in [3.63, 3.8) is 0 Å². The number of benzene rings is 2. The van der Waals surface area contributed by atoms with E-state index in [0.29, 0.717) is 17.9 Å². The number of nitrogens with one attached hydrogen (secondary N) is 1. The van der Waals surface area contributed by atoms with Gasteiger partial charge >= 0.3 is 6.09 Å². The molecule has 4 rings (SSSR count). The Kier molecular flexibility index (Phi) is 10.4. The maximum absolute atomic E-state index is 15.0. The number of carbonyl (C=O) groups excluding carboxylic acids is 3. The molecule has 0 unspecified atom stereocenters. The number of halogens is 4. The summed E-state index contributed by atoms with van der Waals surface area (Å²) in [5.74, 6) is -4.31. The normalized spacial score (nSPS) is 17.6. The largest absolute Gasteiger partial charge is 0.444 e. The van der Waals surface area contributed by atoms with Crippen LogP contribution in [0.3, 0.4) is 0 Å². The summed E-state index contributed by atoms with van der Waals surface area (Å²) in [5.41, 5.74) is 0.0583. The molecule has 0 radical (unpaired) electrons. The number of hydrogen-bond donors (Lipinski definition) is 1. The van der Waals surface area contributed by atoms with Crippen LogP contribution < -0.4 is 5.32 Å². The molecule has 2 heterocycles. The fourth-order valence-electron chi connectivity index (χ4n) is 4.97. The van der Waals surface area contributed by atoms with Gasteiger partial charge in [-0.3, -0.25) is 14.7 Å². The molecule has 1 aliphatic rings. The summed E-state index contributed by atoms with van der Waals surface area (Å²) in [6.45, 7) is 5.11. The van der Waals surface area contributed by atoms with Crippen LogP contribution in [-0.2, 0) is 25.5 Å². The van der Waals surface area contributed by atoms with E-state index in [1.165, 1.54) is 35.4 Å². The molecule has 1 N–H and O–H groups in total. The fourth-order valence-corrected chi connectivity index (χ4v) is 4.97. The first-order valence-electron chi connectivity index (χ1n) is 14.0. The summed E-state index contributed by atoms with van der Waals surface area (Å²) in [4.78, 5) is 42.6. The van der Waals surface area contributed by atoms with Crippen LogP contribution in [0.25, 0.3) is 0 Å². The molecular weight excluding hydrogens is 582 g/mol. The van der Waals surface area contributed by atoms with Crippen molar-refractivity contribution in [3.05, 3.63) is 94.8 Å². The molecule has 1 fully saturated rings. The van der Waals surface area contributed by atoms with Gasteiger partial charge in [0.2, 0.25) is 5.91 Å². The Labute approximate surface area is 252 Å². The maximum atomic E-state index is 15.0. The third-order valence-electron chi connectivity index (χ3n) is 7.03. The van der Waals surface area contributed by atoms with Crippen LogP contribution in [0, 0.1) is 23.3 Å². The predicted molar refractivity (Wildman–Crippen MR) is 153 cm³/mol. The van der Waals surface area contributed by atoms with Gasteiger partial charge in [-0.1, -0.05) is 12.1 Å². The van der Waals surface area contributed by atoms with Gasteiger partial charge in [-0.05, 0) is 69.0 Å². The lowest BCUT2D eigenvalue weighted by molar-refractivity contribution is -0.123. The highest BCUT2D eigenvalue weighted by atomic mass is 19.1. The van der Waals surface area contributed by atoms with E-state index in [4.69, 9.17) is 9.47 Å². The smallest absolute Gasteiger partial charge is 0.411 e. The first kappa shape index (κ1) is 32.6. The van der Waals surface area contributed by atoms with E-state index in [0.717, 1.165) is 18.3 Å². The minimum Gasteiger partial charge on any atom is -0.444 e. The molecule has 1 aliphatic heterocycles. The number of nitrogens with zero attached hydrogens (tertiary/aromatic N) is 2. The number of amides is 2. The van der Waals surface area contributed by atoms with Gasteiger partial charge in [-0.15, -0.1) is 0 Å². The van der Waals surface area contributed by atoms with Gasteiger partial charge in [0.25, 0.3) is 0 Å². The van der Waals surface area contributed by atoms with E-state index < -0.39 is 58.9 Å². The summed E-state index contributed by atoms with van der Waals surface area (Å²) in [7, 11) is 0. The topological polar surface area (TPSA) is 97.8 Å². The van der Waals surface area contributed by atoms with Crippen molar-refractivity contribution in [3.8, 4) is 0 Å². The highest BCUT2D eigenvalue weighted by molar-refractivity contribution is 5.92. The Balaban J connectivity index is 1.49. The van der Waals surface area contributed by atoms with Crippen molar-refractivity contribution in [1.29, 1.82) is 0 Å². The minimum absolute atomic E-state index is 0.0380. The Morgan fingerprint density at radius 1 is 1.05 bits per heavy atom. The molecule has 0 spiro atoms. The van der Waals surface area contributed by atoms with Crippen molar-refractivity contribution in [2.75, 3.05) is 18.5 Å². The molecule has 0 saturated carbocycles. The van der Waals surface area contributed by atoms with Crippen molar-refractivity contribution >= 4 is 24.0 Å². The number of anilines is 1. The Hall–Kier alpha value is -4.32. The molecule has 12 heteroatoms. The van der Waals surface area contributed by atoms with E-state index in [1.54, 1.807) is 20.8 Å². The standard InChI is InChI=1S/C32H33F4N3O5/c1-32(2,3)44-31(42)39-16-25(43-18-24(39)17-40)8-9-26-28(36)14-37-15-29(26)38-30(41)13-27(19-4-6-21(33)7-5-19)20-10-22(34)12-23(35)11-20/h4-7,10-12,14-15,17,24-25,27H,8-9,13,16,18H2,1-3H3,(H,38,41)/t24-,25-,27+/m1/s1. The highest BCUT2D eigenvalue weighted by Gasteiger charge is 2.35. The van der Waals surface area contributed by atoms with E-state index >= 15 is 0 Å². The van der Waals surface area contributed by atoms with Gasteiger partial charge in [0, 0.05) is 24.0 Å². The average Bonchev–Trinajstić information content (AvgIpc) is 2.94. The molecule has 3 aromatic rings. The van der Waals surface area contributed by atoms with Gasteiger partial charge in [0.1, 0.15) is 41.2 Å². The van der Waals surface area contributed by atoms with Crippen LogP contribution in [0.1, 0.15) is 56.2 Å². The number of ether oxygens (including phenoxy) is 2. The van der Waals surface area contributed by atoms with Crippen LogP contribution in [0.2, 0.25) is 0 Å². The highest BCUT2D eigenvalue weighted by Crippen LogP contribution is 2.31. The van der Waals surface area contributed by atoms with Gasteiger partial charge in [0.15, 0.2) is 0 Å². The van der Waals surface area contributed by atoms with Crippen molar-refractivity contribution in [1.82, 2.24) is 9.88 Å². The molecule has 234 valence electrons. The summed E-state index contributed by atoms with van der Waals surface area (Å²) < 4.78 is 67.9. The number of hydrogen-bond acceptors (Lipinski definition) is 6. The molecule has 0 bridgehead atoms. The lowest BCUT2D eigenvalue weighted by atomic mass is 9.88. The molecule has 44 heavy (non-hydrogen) atoms. The lowest BCUT2D eigenvalue weighted by Gasteiger charge is -2.38. The third-order valence-corrected chi connectivity index (χ3v) is 7.03. The van der Waals surface area contributed by atoms with Crippen LogP contribution in [0.5, 0.6) is 0 Å². The van der Waals surface area contributed by atoms with E-state index in [-0.39, 0.29) is 49.2 Å². The molecular formula is C32H33F4N3O5. The van der Waals surface area contributed by atoms with Gasteiger partial charge in [0.05, 0.1) is 37.3 Å². The van der Waals surface area contributed by atoms with Crippen LogP contribution >= 0.6 is 0 Å². The summed E-state index contributed by atoms with van der Waals surface area (Å²) in [6.07, 6.45) is 1.68. The monoisotopic (exact) mass is 615 g/mol. The molecule has 0 aliphatic carbocycles. The molecule has 2 aromatic carbocycles. The van der Waals surface area contributed by atoms with Crippen LogP contribution in [0.15, 0.2) is 54.9 Å². The fraction of sp³-hybridized carbons (Fsp3) is 0.375. The Morgan fingerprint density at radius 2 is 1.73 bits per heavy atom. The molecule has 3 atom stereocenters. The molecule has 1 aromatic heterocycles. The molecule has 1 saturated heterocycles. The van der Waals surface area contributed by atoms with Gasteiger partial charge in [-0.25, -0.2) is 22.4 Å². The second-order valence-electron chi connectivity index (χ2n) is 11.5. The number of aromatic nitrogens is 1. The van der Waals surface area contributed by atoms with E-state index in [9.17, 15) is 31.9 Å². The van der Waals surface area contributed by atoms with Crippen molar-refractivity contribution < 1.29 is 41.4 Å². The van der Waals surface area contributed by atoms with Crippen LogP contribution in [-0.4, -0.2) is 59.1 Å².